The molecule has 1 aliphatic heterocycles. The highest BCUT2D eigenvalue weighted by molar-refractivity contribution is 7.91. The van der Waals surface area contributed by atoms with Crippen LogP contribution in [0.3, 0.4) is 0 Å². The minimum atomic E-state index is -3.03. The summed E-state index contributed by atoms with van der Waals surface area (Å²) in [5, 5.41) is 5.14. The van der Waals surface area contributed by atoms with Crippen molar-refractivity contribution >= 4 is 21.7 Å². The molecule has 1 aliphatic rings. The van der Waals surface area contributed by atoms with E-state index in [1.165, 1.54) is 0 Å². The number of hydrogen-bond donors (Lipinski definition) is 2. The molecule has 0 aromatic heterocycles. The highest BCUT2D eigenvalue weighted by Crippen LogP contribution is 2.13. The number of sulfone groups is 1. The molecular formula is C15H20N2O5S. The zero-order valence-corrected chi connectivity index (χ0v) is 13.7. The lowest BCUT2D eigenvalue weighted by atomic mass is 10.1. The molecule has 7 nitrogen and oxygen atoms in total. The molecule has 0 radical (unpaired) electrons. The van der Waals surface area contributed by atoms with E-state index in [-0.39, 0.29) is 42.3 Å². The number of benzene rings is 1. The maximum atomic E-state index is 11.8. The van der Waals surface area contributed by atoms with Crippen LogP contribution in [0.15, 0.2) is 24.3 Å². The van der Waals surface area contributed by atoms with Gasteiger partial charge in [-0.25, -0.2) is 8.42 Å². The molecule has 1 fully saturated rings. The Morgan fingerprint density at radius 1 is 1.30 bits per heavy atom. The van der Waals surface area contributed by atoms with Crippen LogP contribution in [0, 0.1) is 0 Å². The molecule has 1 saturated heterocycles. The minimum Gasteiger partial charge on any atom is -0.497 e. The first-order chi connectivity index (χ1) is 10.9. The Labute approximate surface area is 135 Å². The Hall–Kier alpha value is -2.09. The molecule has 8 heteroatoms. The molecule has 1 heterocycles. The Bertz CT molecular complexity index is 687. The monoisotopic (exact) mass is 340 g/mol. The van der Waals surface area contributed by atoms with E-state index in [9.17, 15) is 18.0 Å². The van der Waals surface area contributed by atoms with Gasteiger partial charge >= 0.3 is 0 Å². The van der Waals surface area contributed by atoms with Crippen molar-refractivity contribution in [1.82, 2.24) is 10.6 Å². The van der Waals surface area contributed by atoms with E-state index < -0.39 is 9.84 Å². The average molecular weight is 340 g/mol. The third-order valence-electron chi connectivity index (χ3n) is 3.54. The minimum absolute atomic E-state index is 0.0313. The normalized spacial score (nSPS) is 19.1. The predicted octanol–water partition coefficient (Wildman–Crippen LogP) is -0.343. The van der Waals surface area contributed by atoms with Crippen molar-refractivity contribution in [2.45, 2.75) is 18.9 Å². The van der Waals surface area contributed by atoms with Crippen molar-refractivity contribution in [2.75, 3.05) is 25.2 Å². The smallest absolute Gasteiger partial charge is 0.239 e. The standard InChI is InChI=1S/C15H20N2O5S/c1-22-13-4-2-3-11(7-13)8-14(18)16-9-15(19)17-12-5-6-23(20,21)10-12/h2-4,7,12H,5-6,8-10H2,1H3,(H,16,18)(H,17,19). The molecular weight excluding hydrogens is 320 g/mol. The largest absolute Gasteiger partial charge is 0.497 e. The summed E-state index contributed by atoms with van der Waals surface area (Å²) in [5.74, 6) is 0.0606. The lowest BCUT2D eigenvalue weighted by Gasteiger charge is -2.11. The number of hydrogen-bond acceptors (Lipinski definition) is 5. The second kappa shape index (κ2) is 7.45. The zero-order chi connectivity index (χ0) is 16.9. The number of amides is 2. The Morgan fingerprint density at radius 2 is 2.09 bits per heavy atom. The molecule has 1 unspecified atom stereocenters. The fourth-order valence-electron chi connectivity index (χ4n) is 2.40. The summed E-state index contributed by atoms with van der Waals surface area (Å²) in [5.41, 5.74) is 0.782. The lowest BCUT2D eigenvalue weighted by Crippen LogP contribution is -2.42. The summed E-state index contributed by atoms with van der Waals surface area (Å²) in [6, 6.07) is 6.76. The van der Waals surface area contributed by atoms with Crippen LogP contribution in [0.1, 0.15) is 12.0 Å². The van der Waals surface area contributed by atoms with Crippen molar-refractivity contribution in [3.63, 3.8) is 0 Å². The number of nitrogens with one attached hydrogen (secondary N) is 2. The van der Waals surface area contributed by atoms with Crippen LogP contribution in [0.5, 0.6) is 5.75 Å². The first-order valence-electron chi connectivity index (χ1n) is 7.27. The van der Waals surface area contributed by atoms with Crippen LogP contribution in [0.25, 0.3) is 0 Å². The summed E-state index contributed by atoms with van der Waals surface area (Å²) in [7, 11) is -1.49. The van der Waals surface area contributed by atoms with E-state index in [1.54, 1.807) is 31.4 Å². The third-order valence-corrected chi connectivity index (χ3v) is 5.31. The number of carbonyl (C=O) groups is 2. The van der Waals surface area contributed by atoms with E-state index in [1.807, 2.05) is 0 Å². The highest BCUT2D eigenvalue weighted by Gasteiger charge is 2.28. The van der Waals surface area contributed by atoms with Crippen LogP contribution in [-0.2, 0) is 25.8 Å². The Kier molecular flexibility index (Phi) is 5.59. The summed E-state index contributed by atoms with van der Waals surface area (Å²) in [6.45, 7) is -0.167. The molecule has 23 heavy (non-hydrogen) atoms. The molecule has 1 aromatic rings. The maximum Gasteiger partial charge on any atom is 0.239 e. The molecule has 0 aliphatic carbocycles. The van der Waals surface area contributed by atoms with E-state index in [0.717, 1.165) is 5.56 Å². The van der Waals surface area contributed by atoms with Gasteiger partial charge in [0.15, 0.2) is 9.84 Å². The molecule has 2 rings (SSSR count). The van der Waals surface area contributed by atoms with Crippen LogP contribution >= 0.6 is 0 Å². The molecule has 126 valence electrons. The highest BCUT2D eigenvalue weighted by atomic mass is 32.2. The van der Waals surface area contributed by atoms with Gasteiger partial charge < -0.3 is 15.4 Å². The molecule has 0 saturated carbocycles. The van der Waals surface area contributed by atoms with Gasteiger partial charge in [-0.1, -0.05) is 12.1 Å². The second-order valence-corrected chi connectivity index (χ2v) is 7.70. The lowest BCUT2D eigenvalue weighted by molar-refractivity contribution is -0.126. The third kappa shape index (κ3) is 5.55. The van der Waals surface area contributed by atoms with Gasteiger partial charge in [0.2, 0.25) is 11.8 Å². The summed E-state index contributed by atoms with van der Waals surface area (Å²) in [6.07, 6.45) is 0.564. The van der Waals surface area contributed by atoms with Gasteiger partial charge in [0, 0.05) is 6.04 Å². The van der Waals surface area contributed by atoms with Crippen molar-refractivity contribution in [2.24, 2.45) is 0 Å². The van der Waals surface area contributed by atoms with Crippen LogP contribution in [0.4, 0.5) is 0 Å². The Morgan fingerprint density at radius 3 is 2.74 bits per heavy atom. The SMILES string of the molecule is COc1cccc(CC(=O)NCC(=O)NC2CCS(=O)(=O)C2)c1. The van der Waals surface area contributed by atoms with Gasteiger partial charge in [-0.05, 0) is 24.1 Å². The van der Waals surface area contributed by atoms with Crippen molar-refractivity contribution in [3.05, 3.63) is 29.8 Å². The van der Waals surface area contributed by atoms with Gasteiger partial charge in [-0.3, -0.25) is 9.59 Å². The van der Waals surface area contributed by atoms with Crippen LogP contribution < -0.4 is 15.4 Å². The van der Waals surface area contributed by atoms with Gasteiger partial charge in [-0.2, -0.15) is 0 Å². The first-order valence-corrected chi connectivity index (χ1v) is 9.09. The fraction of sp³-hybridized carbons (Fsp3) is 0.467. The maximum absolute atomic E-state index is 11.8. The number of carbonyl (C=O) groups excluding carboxylic acids is 2. The molecule has 0 bridgehead atoms. The van der Waals surface area contributed by atoms with E-state index in [4.69, 9.17) is 4.74 Å². The number of methoxy groups -OCH3 is 1. The van der Waals surface area contributed by atoms with Crippen molar-refractivity contribution < 1.29 is 22.7 Å². The fourth-order valence-corrected chi connectivity index (χ4v) is 4.07. The van der Waals surface area contributed by atoms with Gasteiger partial charge in [0.1, 0.15) is 5.75 Å². The summed E-state index contributed by atoms with van der Waals surface area (Å²) < 4.78 is 27.7. The van der Waals surface area contributed by atoms with E-state index in [2.05, 4.69) is 10.6 Å². The number of rotatable bonds is 6. The zero-order valence-electron chi connectivity index (χ0n) is 12.9. The van der Waals surface area contributed by atoms with Gasteiger partial charge in [0.25, 0.3) is 0 Å². The Balaban J connectivity index is 1.74. The predicted molar refractivity (Wildman–Crippen MR) is 84.9 cm³/mol. The molecule has 2 amide bonds. The average Bonchev–Trinajstić information content (AvgIpc) is 2.84. The van der Waals surface area contributed by atoms with E-state index in [0.29, 0.717) is 12.2 Å². The quantitative estimate of drug-likeness (QED) is 0.737. The van der Waals surface area contributed by atoms with Crippen molar-refractivity contribution in [3.8, 4) is 5.75 Å². The molecule has 1 atom stereocenters. The van der Waals surface area contributed by atoms with Crippen LogP contribution in [-0.4, -0.2) is 51.4 Å². The number of ether oxygens (including phenoxy) is 1. The van der Waals surface area contributed by atoms with E-state index >= 15 is 0 Å². The molecule has 1 aromatic carbocycles. The topological polar surface area (TPSA) is 102 Å². The van der Waals surface area contributed by atoms with Gasteiger partial charge in [-0.15, -0.1) is 0 Å². The summed E-state index contributed by atoms with van der Waals surface area (Å²) in [4.78, 5) is 23.6. The second-order valence-electron chi connectivity index (χ2n) is 5.47. The molecule has 2 N–H and O–H groups in total. The molecule has 0 spiro atoms. The van der Waals surface area contributed by atoms with Gasteiger partial charge in [0.05, 0.1) is 31.6 Å². The van der Waals surface area contributed by atoms with Crippen LogP contribution in [0.2, 0.25) is 0 Å². The first kappa shape index (κ1) is 17.3. The van der Waals surface area contributed by atoms with Crippen molar-refractivity contribution in [1.29, 1.82) is 0 Å². The summed E-state index contributed by atoms with van der Waals surface area (Å²) >= 11 is 0.